The predicted molar refractivity (Wildman–Crippen MR) is 96.3 cm³/mol. The number of amides is 2. The number of unbranched alkanes of at least 4 members (excludes halogenated alkanes) is 1. The van der Waals surface area contributed by atoms with Gasteiger partial charge in [0.2, 0.25) is 0 Å². The van der Waals surface area contributed by atoms with Crippen molar-refractivity contribution >= 4 is 11.8 Å². The van der Waals surface area contributed by atoms with Crippen molar-refractivity contribution in [3.05, 3.63) is 70.8 Å². The van der Waals surface area contributed by atoms with Crippen molar-refractivity contribution in [2.24, 2.45) is 0 Å². The van der Waals surface area contributed by atoms with Crippen molar-refractivity contribution in [1.29, 1.82) is 0 Å². The van der Waals surface area contributed by atoms with Gasteiger partial charge < -0.3 is 10.6 Å². The first-order valence-corrected chi connectivity index (χ1v) is 8.26. The van der Waals surface area contributed by atoms with Crippen molar-refractivity contribution in [1.82, 2.24) is 10.6 Å². The van der Waals surface area contributed by atoms with Crippen LogP contribution in [-0.2, 0) is 0 Å². The van der Waals surface area contributed by atoms with E-state index >= 15 is 0 Å². The van der Waals surface area contributed by atoms with Crippen LogP contribution in [-0.4, -0.2) is 24.9 Å². The van der Waals surface area contributed by atoms with Crippen LogP contribution >= 0.6 is 0 Å². The minimum absolute atomic E-state index is 0.0532. The van der Waals surface area contributed by atoms with Gasteiger partial charge in [-0.1, -0.05) is 35.4 Å². The van der Waals surface area contributed by atoms with Gasteiger partial charge in [-0.25, -0.2) is 0 Å². The van der Waals surface area contributed by atoms with Crippen molar-refractivity contribution in [3.8, 4) is 0 Å². The zero-order valence-corrected chi connectivity index (χ0v) is 14.3. The molecule has 4 heteroatoms. The summed E-state index contributed by atoms with van der Waals surface area (Å²) in [6, 6.07) is 15.1. The van der Waals surface area contributed by atoms with E-state index in [4.69, 9.17) is 0 Å². The molecule has 2 amide bonds. The molecule has 2 aromatic carbocycles. The Labute approximate surface area is 143 Å². The lowest BCUT2D eigenvalue weighted by Crippen LogP contribution is -2.27. The molecule has 24 heavy (non-hydrogen) atoms. The molecule has 0 aliphatic rings. The number of carbonyl (C=O) groups excluding carboxylic acids is 2. The molecule has 0 spiro atoms. The molecule has 0 aromatic heterocycles. The van der Waals surface area contributed by atoms with Crippen LogP contribution in [0.2, 0.25) is 0 Å². The summed E-state index contributed by atoms with van der Waals surface area (Å²) in [6.07, 6.45) is 1.65. The molecule has 2 rings (SSSR count). The first kappa shape index (κ1) is 17.7. The van der Waals surface area contributed by atoms with E-state index in [0.717, 1.165) is 24.0 Å². The third-order valence-electron chi connectivity index (χ3n) is 3.74. The topological polar surface area (TPSA) is 58.2 Å². The lowest BCUT2D eigenvalue weighted by Gasteiger charge is -2.07. The monoisotopic (exact) mass is 324 g/mol. The van der Waals surface area contributed by atoms with Crippen LogP contribution in [0.25, 0.3) is 0 Å². The first-order valence-electron chi connectivity index (χ1n) is 8.26. The second kappa shape index (κ2) is 8.87. The number of hydrogen-bond acceptors (Lipinski definition) is 2. The number of hydrogen-bond donors (Lipinski definition) is 2. The summed E-state index contributed by atoms with van der Waals surface area (Å²) < 4.78 is 0. The normalized spacial score (nSPS) is 10.2. The number of aryl methyl sites for hydroxylation is 2. The molecule has 2 N–H and O–H groups in total. The minimum atomic E-state index is -0.0532. The van der Waals surface area contributed by atoms with Crippen molar-refractivity contribution in [3.63, 3.8) is 0 Å². The summed E-state index contributed by atoms with van der Waals surface area (Å²) in [5.74, 6) is -0.106. The summed E-state index contributed by atoms with van der Waals surface area (Å²) in [4.78, 5) is 23.9. The van der Waals surface area contributed by atoms with Crippen molar-refractivity contribution in [2.45, 2.75) is 26.7 Å². The Kier molecular flexibility index (Phi) is 6.55. The average molecular weight is 324 g/mol. The molecule has 4 nitrogen and oxygen atoms in total. The molecule has 0 aliphatic carbocycles. The Morgan fingerprint density at radius 3 is 1.54 bits per heavy atom. The zero-order chi connectivity index (χ0) is 17.4. The van der Waals surface area contributed by atoms with E-state index in [0.29, 0.717) is 24.2 Å². The van der Waals surface area contributed by atoms with Crippen molar-refractivity contribution < 1.29 is 9.59 Å². The van der Waals surface area contributed by atoms with Crippen LogP contribution in [0.5, 0.6) is 0 Å². The quantitative estimate of drug-likeness (QED) is 0.768. The highest BCUT2D eigenvalue weighted by Gasteiger charge is 2.05. The fourth-order valence-corrected chi connectivity index (χ4v) is 2.43. The zero-order valence-electron chi connectivity index (χ0n) is 14.3. The molecule has 0 fully saturated rings. The van der Waals surface area contributed by atoms with E-state index in [-0.39, 0.29) is 11.8 Å². The molecule has 2 aromatic rings. The van der Waals surface area contributed by atoms with Gasteiger partial charge in [0.1, 0.15) is 0 Å². The lowest BCUT2D eigenvalue weighted by atomic mass is 10.1. The van der Waals surface area contributed by atoms with E-state index in [1.54, 1.807) is 0 Å². The summed E-state index contributed by atoms with van der Waals surface area (Å²) in [7, 11) is 0. The van der Waals surface area contributed by atoms with Crippen LogP contribution in [0.15, 0.2) is 48.5 Å². The molecule has 0 heterocycles. The van der Waals surface area contributed by atoms with Gasteiger partial charge in [0.05, 0.1) is 0 Å². The standard InChI is InChI=1S/C20H24N2O2/c1-15-7-5-9-17(13-15)19(23)21-11-3-4-12-22-20(24)18-10-6-8-16(2)14-18/h5-10,13-14H,3-4,11-12H2,1-2H3,(H,21,23)(H,22,24). The highest BCUT2D eigenvalue weighted by Crippen LogP contribution is 2.04. The van der Waals surface area contributed by atoms with Crippen LogP contribution < -0.4 is 10.6 Å². The fraction of sp³-hybridized carbons (Fsp3) is 0.300. The Balaban J connectivity index is 1.63. The Bertz CT molecular complexity index is 649. The molecular formula is C20H24N2O2. The molecule has 126 valence electrons. The molecule has 0 atom stereocenters. The fourth-order valence-electron chi connectivity index (χ4n) is 2.43. The van der Waals surface area contributed by atoms with E-state index in [9.17, 15) is 9.59 Å². The summed E-state index contributed by atoms with van der Waals surface area (Å²) in [5.41, 5.74) is 3.51. The lowest BCUT2D eigenvalue weighted by molar-refractivity contribution is 0.0939. The maximum Gasteiger partial charge on any atom is 0.251 e. The number of rotatable bonds is 7. The van der Waals surface area contributed by atoms with Gasteiger partial charge in [0.15, 0.2) is 0 Å². The smallest absolute Gasteiger partial charge is 0.251 e. The second-order valence-electron chi connectivity index (χ2n) is 5.96. The third-order valence-corrected chi connectivity index (χ3v) is 3.74. The third kappa shape index (κ3) is 5.54. The Morgan fingerprint density at radius 1 is 0.750 bits per heavy atom. The Morgan fingerprint density at radius 2 is 1.17 bits per heavy atom. The van der Waals surface area contributed by atoms with E-state index in [1.165, 1.54) is 0 Å². The van der Waals surface area contributed by atoms with E-state index in [2.05, 4.69) is 10.6 Å². The first-order chi connectivity index (χ1) is 11.6. The highest BCUT2D eigenvalue weighted by atomic mass is 16.2. The highest BCUT2D eigenvalue weighted by molar-refractivity contribution is 5.94. The molecule has 0 saturated carbocycles. The summed E-state index contributed by atoms with van der Waals surface area (Å²) >= 11 is 0. The summed E-state index contributed by atoms with van der Waals surface area (Å²) in [6.45, 7) is 5.14. The maximum atomic E-state index is 12.0. The summed E-state index contributed by atoms with van der Waals surface area (Å²) in [5, 5.41) is 5.80. The van der Waals surface area contributed by atoms with Crippen LogP contribution in [0.4, 0.5) is 0 Å². The minimum Gasteiger partial charge on any atom is -0.352 e. The number of carbonyl (C=O) groups is 2. The van der Waals surface area contributed by atoms with Gasteiger partial charge >= 0.3 is 0 Å². The molecule has 0 saturated heterocycles. The van der Waals surface area contributed by atoms with Gasteiger partial charge in [-0.05, 0) is 51.0 Å². The maximum absolute atomic E-state index is 12.0. The molecular weight excluding hydrogens is 300 g/mol. The van der Waals surface area contributed by atoms with Gasteiger partial charge in [-0.2, -0.15) is 0 Å². The molecule has 0 unspecified atom stereocenters. The Hall–Kier alpha value is -2.62. The van der Waals surface area contributed by atoms with Gasteiger partial charge in [0, 0.05) is 24.2 Å². The predicted octanol–water partition coefficient (Wildman–Crippen LogP) is 3.24. The number of benzene rings is 2. The second-order valence-corrected chi connectivity index (χ2v) is 5.96. The van der Waals surface area contributed by atoms with Crippen LogP contribution in [0, 0.1) is 13.8 Å². The largest absolute Gasteiger partial charge is 0.352 e. The number of nitrogens with one attached hydrogen (secondary N) is 2. The van der Waals surface area contributed by atoms with Gasteiger partial charge in [0.25, 0.3) is 11.8 Å². The molecule has 0 bridgehead atoms. The van der Waals surface area contributed by atoms with Crippen LogP contribution in [0.1, 0.15) is 44.7 Å². The van der Waals surface area contributed by atoms with Crippen molar-refractivity contribution in [2.75, 3.05) is 13.1 Å². The average Bonchev–Trinajstić information content (AvgIpc) is 2.57. The van der Waals surface area contributed by atoms with E-state index in [1.807, 2.05) is 62.4 Å². The molecule has 0 aliphatic heterocycles. The van der Waals surface area contributed by atoms with Crippen LogP contribution in [0.3, 0.4) is 0 Å². The van der Waals surface area contributed by atoms with E-state index < -0.39 is 0 Å². The molecule has 0 radical (unpaired) electrons. The van der Waals surface area contributed by atoms with Gasteiger partial charge in [-0.3, -0.25) is 9.59 Å². The van der Waals surface area contributed by atoms with Gasteiger partial charge in [-0.15, -0.1) is 0 Å². The SMILES string of the molecule is Cc1cccc(C(=O)NCCCCNC(=O)c2cccc(C)c2)c1.